The summed E-state index contributed by atoms with van der Waals surface area (Å²) in [6, 6.07) is 5.11. The van der Waals surface area contributed by atoms with E-state index in [2.05, 4.69) is 5.32 Å². The summed E-state index contributed by atoms with van der Waals surface area (Å²) < 4.78 is 10.3. The number of nitrogens with zero attached hydrogens (tertiary/aromatic N) is 1. The Labute approximate surface area is 125 Å². The molecule has 0 atom stereocenters. The van der Waals surface area contributed by atoms with Crippen molar-refractivity contribution in [2.75, 3.05) is 32.6 Å². The van der Waals surface area contributed by atoms with Gasteiger partial charge in [0.2, 0.25) is 11.8 Å². The number of amides is 2. The average Bonchev–Trinajstić information content (AvgIpc) is 2.46. The van der Waals surface area contributed by atoms with Crippen LogP contribution < -0.4 is 14.8 Å². The Morgan fingerprint density at radius 3 is 2.38 bits per heavy atom. The molecule has 1 N–H and O–H groups in total. The van der Waals surface area contributed by atoms with Gasteiger partial charge in [-0.15, -0.1) is 0 Å². The van der Waals surface area contributed by atoms with Crippen molar-refractivity contribution in [1.82, 2.24) is 4.90 Å². The molecule has 1 aromatic rings. The van der Waals surface area contributed by atoms with Gasteiger partial charge in [0.05, 0.1) is 20.8 Å². The molecule has 0 spiro atoms. The first-order chi connectivity index (χ1) is 10.0. The number of hydrogen-bond donors (Lipinski definition) is 1. The second-order valence-electron chi connectivity index (χ2n) is 4.56. The van der Waals surface area contributed by atoms with Crippen LogP contribution in [0.5, 0.6) is 11.5 Å². The largest absolute Gasteiger partial charge is 0.493 e. The number of ether oxygens (including phenoxy) is 2. The van der Waals surface area contributed by atoms with Crippen LogP contribution in [0.2, 0.25) is 0 Å². The molecular formula is C15H22N2O4. The number of benzene rings is 1. The molecule has 0 fully saturated rings. The summed E-state index contributed by atoms with van der Waals surface area (Å²) in [5.74, 6) is 0.768. The molecule has 0 radical (unpaired) electrons. The molecule has 0 aliphatic carbocycles. The molecule has 6 heteroatoms. The molecule has 0 bridgehead atoms. The fourth-order valence-corrected chi connectivity index (χ4v) is 1.91. The van der Waals surface area contributed by atoms with E-state index < -0.39 is 0 Å². The molecule has 0 aromatic heterocycles. The van der Waals surface area contributed by atoms with Crippen molar-refractivity contribution in [3.63, 3.8) is 0 Å². The van der Waals surface area contributed by atoms with Crippen LogP contribution in [-0.4, -0.2) is 44.0 Å². The van der Waals surface area contributed by atoms with E-state index in [1.807, 2.05) is 6.92 Å². The third-order valence-corrected chi connectivity index (χ3v) is 2.94. The molecule has 6 nitrogen and oxygen atoms in total. The van der Waals surface area contributed by atoms with Crippen molar-refractivity contribution in [3.8, 4) is 11.5 Å². The minimum Gasteiger partial charge on any atom is -0.493 e. The Morgan fingerprint density at radius 1 is 1.19 bits per heavy atom. The van der Waals surface area contributed by atoms with Crippen molar-refractivity contribution in [1.29, 1.82) is 0 Å². The van der Waals surface area contributed by atoms with Crippen molar-refractivity contribution in [2.24, 2.45) is 0 Å². The molecule has 0 aliphatic heterocycles. The maximum Gasteiger partial charge on any atom is 0.243 e. The van der Waals surface area contributed by atoms with Crippen molar-refractivity contribution < 1.29 is 19.1 Å². The Balaban J connectivity index is 2.72. The lowest BCUT2D eigenvalue weighted by Gasteiger charge is -2.19. The normalized spacial score (nSPS) is 9.90. The van der Waals surface area contributed by atoms with E-state index in [9.17, 15) is 9.59 Å². The summed E-state index contributed by atoms with van der Waals surface area (Å²) >= 11 is 0. The number of anilines is 1. The van der Waals surface area contributed by atoms with E-state index in [1.165, 1.54) is 18.9 Å². The Bertz CT molecular complexity index is 502. The van der Waals surface area contributed by atoms with Crippen LogP contribution in [0.4, 0.5) is 5.69 Å². The van der Waals surface area contributed by atoms with Crippen molar-refractivity contribution >= 4 is 17.5 Å². The Morgan fingerprint density at radius 2 is 1.86 bits per heavy atom. The first-order valence-corrected chi connectivity index (χ1v) is 6.79. The highest BCUT2D eigenvalue weighted by Gasteiger charge is 2.13. The van der Waals surface area contributed by atoms with Gasteiger partial charge in [-0.2, -0.15) is 0 Å². The lowest BCUT2D eigenvalue weighted by Crippen LogP contribution is -2.37. The van der Waals surface area contributed by atoms with Crippen LogP contribution >= 0.6 is 0 Å². The zero-order valence-corrected chi connectivity index (χ0v) is 12.9. The number of hydrogen-bond acceptors (Lipinski definition) is 4. The van der Waals surface area contributed by atoms with Crippen molar-refractivity contribution in [2.45, 2.75) is 20.3 Å². The number of carbonyl (C=O) groups excluding carboxylic acids is 2. The summed E-state index contributed by atoms with van der Waals surface area (Å²) in [6.07, 6.45) is 0.809. The second-order valence-corrected chi connectivity index (χ2v) is 4.56. The molecule has 116 valence electrons. The van der Waals surface area contributed by atoms with Gasteiger partial charge in [0.25, 0.3) is 0 Å². The topological polar surface area (TPSA) is 67.9 Å². The summed E-state index contributed by atoms with van der Waals surface area (Å²) in [5, 5.41) is 2.74. The highest BCUT2D eigenvalue weighted by Crippen LogP contribution is 2.29. The molecule has 0 saturated carbocycles. The highest BCUT2D eigenvalue weighted by molar-refractivity contribution is 5.94. The lowest BCUT2D eigenvalue weighted by atomic mass is 10.2. The predicted octanol–water partition coefficient (Wildman–Crippen LogP) is 1.90. The number of methoxy groups -OCH3 is 2. The summed E-state index contributed by atoms with van der Waals surface area (Å²) in [4.78, 5) is 24.9. The first kappa shape index (κ1) is 16.8. The van der Waals surface area contributed by atoms with E-state index in [1.54, 1.807) is 25.3 Å². The molecular weight excluding hydrogens is 272 g/mol. The lowest BCUT2D eigenvalue weighted by molar-refractivity contribution is -0.132. The Kier molecular flexibility index (Phi) is 6.52. The zero-order chi connectivity index (χ0) is 15.8. The molecule has 0 heterocycles. The van der Waals surface area contributed by atoms with Crippen LogP contribution in [0, 0.1) is 0 Å². The fraction of sp³-hybridized carbons (Fsp3) is 0.467. The van der Waals surface area contributed by atoms with Crippen molar-refractivity contribution in [3.05, 3.63) is 18.2 Å². The molecule has 21 heavy (non-hydrogen) atoms. The third-order valence-electron chi connectivity index (χ3n) is 2.94. The van der Waals surface area contributed by atoms with Gasteiger partial charge in [0.1, 0.15) is 0 Å². The SMILES string of the molecule is CCCN(CC(=O)Nc1ccc(OC)c(OC)c1)C(C)=O. The fourth-order valence-electron chi connectivity index (χ4n) is 1.91. The summed E-state index contributed by atoms with van der Waals surface area (Å²) in [7, 11) is 3.08. The van der Waals surface area contributed by atoms with Gasteiger partial charge in [0, 0.05) is 25.2 Å². The van der Waals surface area contributed by atoms with E-state index in [0.717, 1.165) is 6.42 Å². The van der Waals surface area contributed by atoms with Gasteiger partial charge < -0.3 is 19.7 Å². The highest BCUT2D eigenvalue weighted by atomic mass is 16.5. The number of nitrogens with one attached hydrogen (secondary N) is 1. The van der Waals surface area contributed by atoms with E-state index in [0.29, 0.717) is 23.7 Å². The van der Waals surface area contributed by atoms with Crippen LogP contribution in [0.15, 0.2) is 18.2 Å². The van der Waals surface area contributed by atoms with Crippen LogP contribution in [-0.2, 0) is 9.59 Å². The average molecular weight is 294 g/mol. The summed E-state index contributed by atoms with van der Waals surface area (Å²) in [5.41, 5.74) is 0.595. The number of carbonyl (C=O) groups is 2. The standard InChI is InChI=1S/C15H22N2O4/c1-5-8-17(11(2)18)10-15(19)16-12-6-7-13(20-3)14(9-12)21-4/h6-7,9H,5,8,10H2,1-4H3,(H,16,19). The molecule has 1 aromatic carbocycles. The third kappa shape index (κ3) is 4.98. The minimum atomic E-state index is -0.245. The second kappa shape index (κ2) is 8.14. The van der Waals surface area contributed by atoms with Gasteiger partial charge in [-0.25, -0.2) is 0 Å². The quantitative estimate of drug-likeness (QED) is 0.834. The van der Waals surface area contributed by atoms with Gasteiger partial charge in [0.15, 0.2) is 11.5 Å². The Hall–Kier alpha value is -2.24. The number of rotatable bonds is 7. The molecule has 0 saturated heterocycles. The van der Waals surface area contributed by atoms with Crippen LogP contribution in [0.25, 0.3) is 0 Å². The first-order valence-electron chi connectivity index (χ1n) is 6.79. The predicted molar refractivity (Wildman–Crippen MR) is 80.7 cm³/mol. The molecule has 2 amide bonds. The van der Waals surface area contributed by atoms with E-state index >= 15 is 0 Å². The van der Waals surface area contributed by atoms with Crippen LogP contribution in [0.3, 0.4) is 0 Å². The molecule has 1 rings (SSSR count). The van der Waals surface area contributed by atoms with E-state index in [4.69, 9.17) is 9.47 Å². The molecule has 0 aliphatic rings. The summed E-state index contributed by atoms with van der Waals surface area (Å²) in [6.45, 7) is 4.02. The van der Waals surface area contributed by atoms with Gasteiger partial charge in [-0.3, -0.25) is 9.59 Å². The molecule has 0 unspecified atom stereocenters. The maximum atomic E-state index is 12.0. The smallest absolute Gasteiger partial charge is 0.243 e. The monoisotopic (exact) mass is 294 g/mol. The maximum absolute atomic E-state index is 12.0. The van der Waals surface area contributed by atoms with Gasteiger partial charge in [-0.1, -0.05) is 6.92 Å². The van der Waals surface area contributed by atoms with Crippen LogP contribution in [0.1, 0.15) is 20.3 Å². The minimum absolute atomic E-state index is 0.0392. The zero-order valence-electron chi connectivity index (χ0n) is 12.9. The van der Waals surface area contributed by atoms with Gasteiger partial charge in [-0.05, 0) is 18.6 Å². The van der Waals surface area contributed by atoms with E-state index in [-0.39, 0.29) is 18.4 Å². The van der Waals surface area contributed by atoms with Gasteiger partial charge >= 0.3 is 0 Å².